The summed E-state index contributed by atoms with van der Waals surface area (Å²) in [5.74, 6) is 0.715. The van der Waals surface area contributed by atoms with E-state index in [2.05, 4.69) is 17.1 Å². The molecule has 0 atom stereocenters. The Bertz CT molecular complexity index is 1100. The monoisotopic (exact) mass is 466 g/mol. The number of carbonyl (C=O) groups is 1. The predicted octanol–water partition coefficient (Wildman–Crippen LogP) is 6.40. The van der Waals surface area contributed by atoms with Crippen LogP contribution in [0, 0.1) is 6.92 Å². The lowest BCUT2D eigenvalue weighted by atomic mass is 10.2. The van der Waals surface area contributed by atoms with E-state index < -0.39 is 0 Å². The normalized spacial score (nSPS) is 11.1. The van der Waals surface area contributed by atoms with E-state index in [0.29, 0.717) is 19.7 Å². The van der Waals surface area contributed by atoms with Crippen LogP contribution in [0.3, 0.4) is 0 Å². The van der Waals surface area contributed by atoms with E-state index in [0.717, 1.165) is 22.0 Å². The van der Waals surface area contributed by atoms with E-state index in [1.54, 1.807) is 40.1 Å². The molecule has 3 heterocycles. The number of thiophene rings is 2. The third-order valence-electron chi connectivity index (χ3n) is 4.53. The molecular formula is C24H22N2O2S3. The highest BCUT2D eigenvalue weighted by molar-refractivity contribution is 7.10. The van der Waals surface area contributed by atoms with Gasteiger partial charge in [-0.1, -0.05) is 30.3 Å². The van der Waals surface area contributed by atoms with E-state index in [1.807, 2.05) is 70.4 Å². The van der Waals surface area contributed by atoms with E-state index >= 15 is 0 Å². The van der Waals surface area contributed by atoms with Crippen molar-refractivity contribution < 1.29 is 9.53 Å². The van der Waals surface area contributed by atoms with Crippen molar-refractivity contribution >= 4 is 46.0 Å². The minimum absolute atomic E-state index is 0.0215. The summed E-state index contributed by atoms with van der Waals surface area (Å²) in [4.78, 5) is 21.7. The molecule has 0 aliphatic rings. The number of benzene rings is 1. The fourth-order valence-electron chi connectivity index (χ4n) is 3.04. The summed E-state index contributed by atoms with van der Waals surface area (Å²) in [6.07, 6.45) is 3.47. The molecule has 0 saturated carbocycles. The van der Waals surface area contributed by atoms with E-state index in [-0.39, 0.29) is 5.91 Å². The first kappa shape index (κ1) is 21.5. The summed E-state index contributed by atoms with van der Waals surface area (Å²) in [6, 6.07) is 15.9. The van der Waals surface area contributed by atoms with E-state index in [1.165, 1.54) is 9.75 Å². The van der Waals surface area contributed by atoms with Gasteiger partial charge in [0.25, 0.3) is 0 Å². The van der Waals surface area contributed by atoms with Crippen molar-refractivity contribution in [2.45, 2.75) is 26.6 Å². The number of hydrogen-bond acceptors (Lipinski definition) is 6. The number of aromatic nitrogens is 1. The van der Waals surface area contributed by atoms with Gasteiger partial charge in [-0.15, -0.1) is 34.0 Å². The minimum Gasteiger partial charge on any atom is -0.487 e. The quantitative estimate of drug-likeness (QED) is 0.268. The maximum absolute atomic E-state index is 13.1. The van der Waals surface area contributed by atoms with Crippen LogP contribution in [-0.4, -0.2) is 15.8 Å². The predicted molar refractivity (Wildman–Crippen MR) is 130 cm³/mol. The van der Waals surface area contributed by atoms with Crippen LogP contribution in [0.4, 0.5) is 0 Å². The molecule has 7 heteroatoms. The van der Waals surface area contributed by atoms with Gasteiger partial charge in [-0.3, -0.25) is 4.79 Å². The van der Waals surface area contributed by atoms with Gasteiger partial charge in [-0.25, -0.2) is 4.98 Å². The van der Waals surface area contributed by atoms with Crippen LogP contribution in [0.5, 0.6) is 5.75 Å². The standard InChI is InChI=1S/C24H22N2O2S3/c1-18-25-20(17-31-18)16-28-23-9-3-2-6-19(23)10-11-24(27)26(14-21-7-4-12-29-21)15-22-8-5-13-30-22/h2-13,17H,14-16H2,1H3/b11-10+. The van der Waals surface area contributed by atoms with Gasteiger partial charge in [0.05, 0.1) is 23.8 Å². The van der Waals surface area contributed by atoms with Crippen LogP contribution in [0.2, 0.25) is 0 Å². The number of amides is 1. The Kier molecular flexibility index (Phi) is 7.30. The molecule has 0 fully saturated rings. The maximum Gasteiger partial charge on any atom is 0.247 e. The van der Waals surface area contributed by atoms with Crippen molar-refractivity contribution in [2.75, 3.05) is 0 Å². The zero-order valence-electron chi connectivity index (χ0n) is 17.1. The van der Waals surface area contributed by atoms with Crippen LogP contribution in [0.25, 0.3) is 6.08 Å². The van der Waals surface area contributed by atoms with Crippen LogP contribution < -0.4 is 4.74 Å². The lowest BCUT2D eigenvalue weighted by Crippen LogP contribution is -2.27. The molecule has 1 aromatic carbocycles. The molecule has 0 N–H and O–H groups in total. The number of ether oxygens (including phenoxy) is 1. The summed E-state index contributed by atoms with van der Waals surface area (Å²) in [7, 11) is 0. The Hall–Kier alpha value is -2.74. The first-order valence-corrected chi connectivity index (χ1v) is 12.5. The number of thiazole rings is 1. The fraction of sp³-hybridized carbons (Fsp3) is 0.167. The van der Waals surface area contributed by atoms with Gasteiger partial charge in [-0.05, 0) is 42.0 Å². The smallest absolute Gasteiger partial charge is 0.247 e. The van der Waals surface area contributed by atoms with Crippen molar-refractivity contribution in [3.63, 3.8) is 0 Å². The number of carbonyl (C=O) groups excluding carboxylic acids is 1. The second-order valence-corrected chi connectivity index (χ2v) is 10.00. The first-order valence-electron chi connectivity index (χ1n) is 9.82. The SMILES string of the molecule is Cc1nc(COc2ccccc2/C=C/C(=O)N(Cc2cccs2)Cc2cccs2)cs1. The molecule has 0 aliphatic heterocycles. The van der Waals surface area contributed by atoms with Crippen molar-refractivity contribution in [3.05, 3.63) is 96.8 Å². The summed E-state index contributed by atoms with van der Waals surface area (Å²) in [5, 5.41) is 7.10. The first-order chi connectivity index (χ1) is 15.2. The van der Waals surface area contributed by atoms with E-state index in [9.17, 15) is 4.79 Å². The Labute approximate surface area is 194 Å². The van der Waals surface area contributed by atoms with Crippen molar-refractivity contribution in [1.82, 2.24) is 9.88 Å². The fourth-order valence-corrected chi connectivity index (χ4v) is 5.07. The summed E-state index contributed by atoms with van der Waals surface area (Å²) < 4.78 is 5.97. The molecule has 4 rings (SSSR count). The average molecular weight is 467 g/mol. The summed E-state index contributed by atoms with van der Waals surface area (Å²) >= 11 is 4.94. The zero-order valence-corrected chi connectivity index (χ0v) is 19.5. The topological polar surface area (TPSA) is 42.4 Å². The molecule has 31 heavy (non-hydrogen) atoms. The molecular weight excluding hydrogens is 444 g/mol. The van der Waals surface area contributed by atoms with Crippen molar-refractivity contribution in [3.8, 4) is 5.75 Å². The highest BCUT2D eigenvalue weighted by Gasteiger charge is 2.14. The Morgan fingerprint density at radius 3 is 2.32 bits per heavy atom. The van der Waals surface area contributed by atoms with Gasteiger partial charge in [0, 0.05) is 26.8 Å². The molecule has 0 bridgehead atoms. The Balaban J connectivity index is 1.47. The van der Waals surface area contributed by atoms with Gasteiger partial charge in [-0.2, -0.15) is 0 Å². The van der Waals surface area contributed by atoms with Gasteiger partial charge in [0.2, 0.25) is 5.91 Å². The third-order valence-corrected chi connectivity index (χ3v) is 7.08. The minimum atomic E-state index is -0.0215. The third kappa shape index (κ3) is 6.13. The summed E-state index contributed by atoms with van der Waals surface area (Å²) in [6.45, 7) is 3.58. The molecule has 158 valence electrons. The maximum atomic E-state index is 13.1. The van der Waals surface area contributed by atoms with Crippen molar-refractivity contribution in [2.24, 2.45) is 0 Å². The molecule has 4 nitrogen and oxygen atoms in total. The van der Waals surface area contributed by atoms with Gasteiger partial charge >= 0.3 is 0 Å². The van der Waals surface area contributed by atoms with Crippen LogP contribution in [-0.2, 0) is 24.5 Å². The number of nitrogens with zero attached hydrogens (tertiary/aromatic N) is 2. The highest BCUT2D eigenvalue weighted by Crippen LogP contribution is 2.22. The second kappa shape index (κ2) is 10.5. The van der Waals surface area contributed by atoms with Gasteiger partial charge in [0.15, 0.2) is 0 Å². The molecule has 0 spiro atoms. The van der Waals surface area contributed by atoms with Crippen molar-refractivity contribution in [1.29, 1.82) is 0 Å². The van der Waals surface area contributed by atoms with Crippen LogP contribution in [0.1, 0.15) is 26.0 Å². The second-order valence-electron chi connectivity index (χ2n) is 6.87. The molecule has 0 aliphatic carbocycles. The van der Waals surface area contributed by atoms with E-state index in [4.69, 9.17) is 4.74 Å². The Morgan fingerprint density at radius 2 is 1.71 bits per heavy atom. The highest BCUT2D eigenvalue weighted by atomic mass is 32.1. The number of rotatable bonds is 9. The summed E-state index contributed by atoms with van der Waals surface area (Å²) in [5.41, 5.74) is 1.78. The molecule has 0 unspecified atom stereocenters. The number of hydrogen-bond donors (Lipinski definition) is 0. The number of para-hydroxylation sites is 1. The molecule has 0 saturated heterocycles. The average Bonchev–Trinajstić information content (AvgIpc) is 3.54. The van der Waals surface area contributed by atoms with Crippen LogP contribution >= 0.6 is 34.0 Å². The number of aryl methyl sites for hydroxylation is 1. The van der Waals surface area contributed by atoms with Crippen LogP contribution in [0.15, 0.2) is 70.7 Å². The van der Waals surface area contributed by atoms with Gasteiger partial charge < -0.3 is 9.64 Å². The van der Waals surface area contributed by atoms with Gasteiger partial charge in [0.1, 0.15) is 12.4 Å². The molecule has 4 aromatic rings. The molecule has 0 radical (unpaired) electrons. The molecule has 3 aromatic heterocycles. The Morgan fingerprint density at radius 1 is 1.00 bits per heavy atom. The zero-order chi connectivity index (χ0) is 21.5. The lowest BCUT2D eigenvalue weighted by molar-refractivity contribution is -0.127. The largest absolute Gasteiger partial charge is 0.487 e. The molecule has 1 amide bonds. The lowest BCUT2D eigenvalue weighted by Gasteiger charge is -2.20.